The van der Waals surface area contributed by atoms with Crippen molar-refractivity contribution in [3.05, 3.63) is 69.7 Å². The van der Waals surface area contributed by atoms with E-state index in [-0.39, 0.29) is 5.91 Å². The van der Waals surface area contributed by atoms with Gasteiger partial charge in [0.05, 0.1) is 0 Å². The second-order valence-corrected chi connectivity index (χ2v) is 5.45. The number of carbonyl (C=O) groups excluding carboxylic acids is 1. The first-order chi connectivity index (χ1) is 9.58. The van der Waals surface area contributed by atoms with E-state index in [9.17, 15) is 4.79 Å². The highest BCUT2D eigenvalue weighted by Crippen LogP contribution is 2.19. The molecular weight excluding hydrogens is 314 g/mol. The molecule has 0 aromatic heterocycles. The van der Waals surface area contributed by atoms with E-state index in [1.54, 1.807) is 12.2 Å². The first kappa shape index (κ1) is 14.5. The van der Waals surface area contributed by atoms with Gasteiger partial charge in [-0.25, -0.2) is 0 Å². The maximum Gasteiger partial charge on any atom is 0.248 e. The molecule has 0 saturated heterocycles. The Morgan fingerprint density at radius 3 is 2.60 bits per heavy atom. The molecule has 0 fully saturated rings. The summed E-state index contributed by atoms with van der Waals surface area (Å²) in [6, 6.07) is 13.7. The molecule has 0 aliphatic heterocycles. The predicted molar refractivity (Wildman–Crippen MR) is 87.7 cm³/mol. The third-order valence-corrected chi connectivity index (χ3v) is 3.90. The smallest absolute Gasteiger partial charge is 0.248 e. The Kier molecular flexibility index (Phi) is 4.74. The number of amides is 1. The molecule has 1 amide bonds. The van der Waals surface area contributed by atoms with Crippen LogP contribution in [0.4, 0.5) is 5.69 Å². The molecule has 2 aromatic carbocycles. The molecule has 3 heteroatoms. The number of benzene rings is 2. The Bertz CT molecular complexity index is 662. The van der Waals surface area contributed by atoms with Gasteiger partial charge in [0.1, 0.15) is 0 Å². The normalized spacial score (nSPS) is 10.8. The molecule has 0 aliphatic rings. The van der Waals surface area contributed by atoms with Crippen molar-refractivity contribution in [2.45, 2.75) is 13.8 Å². The van der Waals surface area contributed by atoms with Crippen LogP contribution in [0.15, 0.2) is 53.0 Å². The summed E-state index contributed by atoms with van der Waals surface area (Å²) in [6.07, 6.45) is 3.34. The second-order valence-electron chi connectivity index (χ2n) is 4.59. The highest BCUT2D eigenvalue weighted by Gasteiger charge is 2.03. The van der Waals surface area contributed by atoms with Crippen LogP contribution in [0.2, 0.25) is 0 Å². The molecule has 102 valence electrons. The van der Waals surface area contributed by atoms with Gasteiger partial charge in [-0.3, -0.25) is 4.79 Å². The summed E-state index contributed by atoms with van der Waals surface area (Å²) in [5.41, 5.74) is 4.09. The van der Waals surface area contributed by atoms with Crippen molar-refractivity contribution in [2.24, 2.45) is 0 Å². The van der Waals surface area contributed by atoms with Gasteiger partial charge < -0.3 is 5.32 Å². The van der Waals surface area contributed by atoms with E-state index in [0.29, 0.717) is 0 Å². The van der Waals surface area contributed by atoms with E-state index >= 15 is 0 Å². The lowest BCUT2D eigenvalue weighted by Gasteiger charge is -2.08. The summed E-state index contributed by atoms with van der Waals surface area (Å²) >= 11 is 3.45. The Balaban J connectivity index is 2.10. The van der Waals surface area contributed by atoms with E-state index in [1.165, 1.54) is 0 Å². The maximum absolute atomic E-state index is 11.9. The van der Waals surface area contributed by atoms with Crippen molar-refractivity contribution in [3.8, 4) is 0 Å². The molecule has 0 spiro atoms. The fourth-order valence-corrected chi connectivity index (χ4v) is 2.25. The fraction of sp³-hybridized carbons (Fsp3) is 0.118. The van der Waals surface area contributed by atoms with Crippen LogP contribution in [0.1, 0.15) is 16.7 Å². The lowest BCUT2D eigenvalue weighted by atomic mass is 10.1. The largest absolute Gasteiger partial charge is 0.322 e. The predicted octanol–water partition coefficient (Wildman–Crippen LogP) is 4.72. The van der Waals surface area contributed by atoms with E-state index < -0.39 is 0 Å². The third kappa shape index (κ3) is 3.58. The zero-order valence-electron chi connectivity index (χ0n) is 11.5. The van der Waals surface area contributed by atoms with Crippen LogP contribution in [0.5, 0.6) is 0 Å². The summed E-state index contributed by atoms with van der Waals surface area (Å²) in [5.74, 6) is -0.130. The van der Waals surface area contributed by atoms with Gasteiger partial charge in [-0.1, -0.05) is 46.3 Å². The van der Waals surface area contributed by atoms with Gasteiger partial charge in [-0.05, 0) is 48.7 Å². The monoisotopic (exact) mass is 329 g/mol. The molecule has 0 atom stereocenters. The number of anilines is 1. The lowest BCUT2D eigenvalue weighted by molar-refractivity contribution is -0.111. The van der Waals surface area contributed by atoms with Crippen LogP contribution < -0.4 is 5.32 Å². The molecule has 0 heterocycles. The van der Waals surface area contributed by atoms with E-state index in [2.05, 4.69) is 21.2 Å². The lowest BCUT2D eigenvalue weighted by Crippen LogP contribution is -2.09. The summed E-state index contributed by atoms with van der Waals surface area (Å²) in [4.78, 5) is 11.9. The third-order valence-electron chi connectivity index (χ3n) is 3.18. The standard InChI is InChI=1S/C17H16BrNO/c1-12-6-5-9-16(13(12)2)19-17(20)11-10-14-7-3-4-8-15(14)18/h3-11H,1-2H3,(H,19,20)/b11-10+. The SMILES string of the molecule is Cc1cccc(NC(=O)/C=C/c2ccccc2Br)c1C. The van der Waals surface area contributed by atoms with Crippen molar-refractivity contribution in [1.82, 2.24) is 0 Å². The van der Waals surface area contributed by atoms with Crippen molar-refractivity contribution in [3.63, 3.8) is 0 Å². The molecule has 0 saturated carbocycles. The number of halogens is 1. The first-order valence-corrected chi connectivity index (χ1v) is 7.17. The molecule has 0 bridgehead atoms. The maximum atomic E-state index is 11.9. The zero-order valence-corrected chi connectivity index (χ0v) is 13.1. The minimum absolute atomic E-state index is 0.130. The summed E-state index contributed by atoms with van der Waals surface area (Å²) in [7, 11) is 0. The topological polar surface area (TPSA) is 29.1 Å². The number of carbonyl (C=O) groups is 1. The summed E-state index contributed by atoms with van der Waals surface area (Å²) in [6.45, 7) is 4.03. The van der Waals surface area contributed by atoms with E-state index in [1.807, 2.05) is 56.3 Å². The van der Waals surface area contributed by atoms with Gasteiger partial charge in [0.15, 0.2) is 0 Å². The fourth-order valence-electron chi connectivity index (χ4n) is 1.84. The molecule has 2 rings (SSSR count). The average Bonchev–Trinajstić information content (AvgIpc) is 2.43. The second kappa shape index (κ2) is 6.53. The van der Waals surface area contributed by atoms with Gasteiger partial charge in [-0.15, -0.1) is 0 Å². The van der Waals surface area contributed by atoms with Crippen LogP contribution in [0, 0.1) is 13.8 Å². The van der Waals surface area contributed by atoms with Crippen molar-refractivity contribution in [2.75, 3.05) is 5.32 Å². The van der Waals surface area contributed by atoms with Crippen molar-refractivity contribution in [1.29, 1.82) is 0 Å². The molecule has 2 nitrogen and oxygen atoms in total. The average molecular weight is 330 g/mol. The van der Waals surface area contributed by atoms with Gasteiger partial charge in [-0.2, -0.15) is 0 Å². The Morgan fingerprint density at radius 1 is 1.10 bits per heavy atom. The molecule has 0 aliphatic carbocycles. The van der Waals surface area contributed by atoms with Gasteiger partial charge in [0.25, 0.3) is 0 Å². The van der Waals surface area contributed by atoms with Gasteiger partial charge in [0, 0.05) is 16.2 Å². The van der Waals surface area contributed by atoms with Crippen LogP contribution in [-0.2, 0) is 4.79 Å². The zero-order chi connectivity index (χ0) is 14.5. The number of aryl methyl sites for hydroxylation is 1. The van der Waals surface area contributed by atoms with Gasteiger partial charge in [0.2, 0.25) is 5.91 Å². The molecule has 1 N–H and O–H groups in total. The van der Waals surface area contributed by atoms with Gasteiger partial charge >= 0.3 is 0 Å². The number of hydrogen-bond acceptors (Lipinski definition) is 1. The number of hydrogen-bond donors (Lipinski definition) is 1. The Morgan fingerprint density at radius 2 is 1.85 bits per heavy atom. The van der Waals surface area contributed by atoms with Crippen LogP contribution in [0.3, 0.4) is 0 Å². The number of nitrogens with one attached hydrogen (secondary N) is 1. The van der Waals surface area contributed by atoms with E-state index in [0.717, 1.165) is 26.9 Å². The molecule has 20 heavy (non-hydrogen) atoms. The van der Waals surface area contributed by atoms with Crippen LogP contribution in [0.25, 0.3) is 6.08 Å². The Hall–Kier alpha value is -1.87. The van der Waals surface area contributed by atoms with Crippen LogP contribution in [-0.4, -0.2) is 5.91 Å². The van der Waals surface area contributed by atoms with Crippen molar-refractivity contribution < 1.29 is 4.79 Å². The highest BCUT2D eigenvalue weighted by molar-refractivity contribution is 9.10. The van der Waals surface area contributed by atoms with E-state index in [4.69, 9.17) is 0 Å². The molecule has 2 aromatic rings. The summed E-state index contributed by atoms with van der Waals surface area (Å²) < 4.78 is 0.968. The molecular formula is C17H16BrNO. The molecule has 0 unspecified atom stereocenters. The number of rotatable bonds is 3. The molecule has 0 radical (unpaired) electrons. The minimum atomic E-state index is -0.130. The summed E-state index contributed by atoms with van der Waals surface area (Å²) in [5, 5.41) is 2.90. The highest BCUT2D eigenvalue weighted by atomic mass is 79.9. The van der Waals surface area contributed by atoms with Crippen LogP contribution >= 0.6 is 15.9 Å². The Labute approximate surface area is 127 Å². The quantitative estimate of drug-likeness (QED) is 0.811. The van der Waals surface area contributed by atoms with Crippen molar-refractivity contribution >= 4 is 33.6 Å². The first-order valence-electron chi connectivity index (χ1n) is 6.38. The minimum Gasteiger partial charge on any atom is -0.322 e.